The Kier molecular flexibility index (Phi) is 5.54. The van der Waals surface area contributed by atoms with E-state index in [-0.39, 0.29) is 5.91 Å². The summed E-state index contributed by atoms with van der Waals surface area (Å²) in [6, 6.07) is 7.58. The lowest BCUT2D eigenvalue weighted by Gasteiger charge is -2.19. The number of nitrogens with one attached hydrogen (secondary N) is 1. The summed E-state index contributed by atoms with van der Waals surface area (Å²) in [5.41, 5.74) is 6.80. The highest BCUT2D eigenvalue weighted by molar-refractivity contribution is 6.09. The van der Waals surface area contributed by atoms with E-state index in [2.05, 4.69) is 19.2 Å². The van der Waals surface area contributed by atoms with Crippen LogP contribution in [-0.2, 0) is 9.59 Å². The van der Waals surface area contributed by atoms with Crippen molar-refractivity contribution < 1.29 is 18.4 Å². The molecular weight excluding hydrogens is 316 g/mol. The van der Waals surface area contributed by atoms with Crippen LogP contribution in [0.5, 0.6) is 0 Å². The van der Waals surface area contributed by atoms with Gasteiger partial charge in [-0.05, 0) is 30.0 Å². The number of rotatable bonds is 6. The fourth-order valence-corrected chi connectivity index (χ4v) is 2.63. The van der Waals surface area contributed by atoms with Crippen LogP contribution in [-0.4, -0.2) is 37.4 Å². The second kappa shape index (κ2) is 7.25. The molecule has 1 unspecified atom stereocenters. The third-order valence-corrected chi connectivity index (χ3v) is 4.21. The molecule has 1 aliphatic rings. The van der Waals surface area contributed by atoms with Crippen LogP contribution in [0, 0.1) is 5.92 Å². The van der Waals surface area contributed by atoms with E-state index in [1.54, 1.807) is 0 Å². The molecule has 1 aromatic rings. The van der Waals surface area contributed by atoms with Gasteiger partial charge in [0.25, 0.3) is 5.92 Å². The van der Waals surface area contributed by atoms with Crippen molar-refractivity contribution in [1.29, 1.82) is 0 Å². The van der Waals surface area contributed by atoms with Crippen molar-refractivity contribution in [3.05, 3.63) is 29.8 Å². The SMILES string of the molecule is CC(C)c1ccc(N2CCC(C(=O)NCC(F)(F)CN)C2=O)cc1. The number of carbonyl (C=O) groups is 2. The standard InChI is InChI=1S/C17H23F2N3O2/c1-11(2)12-3-5-13(6-4-12)22-8-7-14(16(22)24)15(23)21-10-17(18,19)9-20/h3-6,11,14H,7-10,20H2,1-2H3,(H,21,23). The van der Waals surface area contributed by atoms with Crippen LogP contribution in [0.2, 0.25) is 0 Å². The Bertz CT molecular complexity index is 602. The maximum absolute atomic E-state index is 13.1. The summed E-state index contributed by atoms with van der Waals surface area (Å²) in [7, 11) is 0. The monoisotopic (exact) mass is 339 g/mol. The van der Waals surface area contributed by atoms with Crippen molar-refractivity contribution in [1.82, 2.24) is 5.32 Å². The number of alkyl halides is 2. The normalized spacial score (nSPS) is 18.3. The van der Waals surface area contributed by atoms with E-state index in [9.17, 15) is 18.4 Å². The summed E-state index contributed by atoms with van der Waals surface area (Å²) >= 11 is 0. The van der Waals surface area contributed by atoms with Gasteiger partial charge in [-0.2, -0.15) is 0 Å². The molecule has 2 amide bonds. The molecular formula is C17H23F2N3O2. The summed E-state index contributed by atoms with van der Waals surface area (Å²) in [6.45, 7) is 2.85. The smallest absolute Gasteiger partial charge is 0.277 e. The number of benzene rings is 1. The molecule has 0 spiro atoms. The van der Waals surface area contributed by atoms with E-state index in [0.717, 1.165) is 5.56 Å². The molecule has 0 radical (unpaired) electrons. The molecule has 0 bridgehead atoms. The van der Waals surface area contributed by atoms with Gasteiger partial charge in [0.2, 0.25) is 11.8 Å². The first-order valence-electron chi connectivity index (χ1n) is 8.02. The lowest BCUT2D eigenvalue weighted by atomic mass is 10.0. The summed E-state index contributed by atoms with van der Waals surface area (Å²) in [5.74, 6) is -4.74. The fraction of sp³-hybridized carbons (Fsp3) is 0.529. The molecule has 7 heteroatoms. The first-order valence-corrected chi connectivity index (χ1v) is 8.02. The third kappa shape index (κ3) is 4.08. The van der Waals surface area contributed by atoms with Crippen molar-refractivity contribution >= 4 is 17.5 Å². The number of nitrogens with zero attached hydrogens (tertiary/aromatic N) is 1. The fourth-order valence-electron chi connectivity index (χ4n) is 2.63. The van der Waals surface area contributed by atoms with Gasteiger partial charge in [-0.3, -0.25) is 9.59 Å². The maximum atomic E-state index is 13.1. The van der Waals surface area contributed by atoms with Gasteiger partial charge in [-0.15, -0.1) is 0 Å². The summed E-state index contributed by atoms with van der Waals surface area (Å²) in [6.07, 6.45) is 0.310. The van der Waals surface area contributed by atoms with Crippen LogP contribution >= 0.6 is 0 Å². The Labute approximate surface area is 140 Å². The highest BCUT2D eigenvalue weighted by Crippen LogP contribution is 2.27. The summed E-state index contributed by atoms with van der Waals surface area (Å²) in [4.78, 5) is 25.9. The molecule has 0 aliphatic carbocycles. The molecule has 24 heavy (non-hydrogen) atoms. The van der Waals surface area contributed by atoms with E-state index in [0.29, 0.717) is 24.6 Å². The van der Waals surface area contributed by atoms with Gasteiger partial charge >= 0.3 is 0 Å². The van der Waals surface area contributed by atoms with Crippen LogP contribution < -0.4 is 16.0 Å². The van der Waals surface area contributed by atoms with E-state index in [1.165, 1.54) is 4.90 Å². The molecule has 1 heterocycles. The van der Waals surface area contributed by atoms with Crippen molar-refractivity contribution in [2.24, 2.45) is 11.7 Å². The number of amides is 2. The number of halogens is 2. The van der Waals surface area contributed by atoms with Crippen molar-refractivity contribution in [2.75, 3.05) is 24.5 Å². The third-order valence-electron chi connectivity index (χ3n) is 4.21. The maximum Gasteiger partial charge on any atom is 0.277 e. The van der Waals surface area contributed by atoms with Crippen LogP contribution in [0.1, 0.15) is 31.7 Å². The molecule has 1 aliphatic heterocycles. The number of anilines is 1. The zero-order chi connectivity index (χ0) is 17.9. The van der Waals surface area contributed by atoms with Crippen molar-refractivity contribution in [3.8, 4) is 0 Å². The Hall–Kier alpha value is -2.02. The van der Waals surface area contributed by atoms with Gasteiger partial charge in [0.05, 0.1) is 13.1 Å². The van der Waals surface area contributed by atoms with E-state index in [4.69, 9.17) is 5.73 Å². The van der Waals surface area contributed by atoms with Crippen LogP contribution in [0.4, 0.5) is 14.5 Å². The lowest BCUT2D eigenvalue weighted by Crippen LogP contribution is -2.45. The topological polar surface area (TPSA) is 75.4 Å². The molecule has 3 N–H and O–H groups in total. The highest BCUT2D eigenvalue weighted by Gasteiger charge is 2.38. The minimum absolute atomic E-state index is 0.310. The Morgan fingerprint density at radius 2 is 2.00 bits per heavy atom. The van der Waals surface area contributed by atoms with Gasteiger partial charge in [0.15, 0.2) is 0 Å². The quantitative estimate of drug-likeness (QED) is 0.777. The molecule has 0 aromatic heterocycles. The second-order valence-electron chi connectivity index (χ2n) is 6.36. The zero-order valence-corrected chi connectivity index (χ0v) is 13.9. The zero-order valence-electron chi connectivity index (χ0n) is 13.9. The van der Waals surface area contributed by atoms with Gasteiger partial charge in [-0.25, -0.2) is 8.78 Å². The Morgan fingerprint density at radius 1 is 1.38 bits per heavy atom. The number of nitrogens with two attached hydrogens (primary N) is 1. The van der Waals surface area contributed by atoms with Gasteiger partial charge in [-0.1, -0.05) is 26.0 Å². The predicted molar refractivity (Wildman–Crippen MR) is 88.0 cm³/mol. The molecule has 5 nitrogen and oxygen atoms in total. The minimum atomic E-state index is -3.16. The van der Waals surface area contributed by atoms with Crippen LogP contribution in [0.25, 0.3) is 0 Å². The van der Waals surface area contributed by atoms with E-state index < -0.39 is 30.8 Å². The lowest BCUT2D eigenvalue weighted by molar-refractivity contribution is -0.133. The van der Waals surface area contributed by atoms with Crippen molar-refractivity contribution in [2.45, 2.75) is 32.1 Å². The average molecular weight is 339 g/mol. The van der Waals surface area contributed by atoms with Crippen LogP contribution in [0.15, 0.2) is 24.3 Å². The molecule has 1 fully saturated rings. The molecule has 0 saturated carbocycles. The minimum Gasteiger partial charge on any atom is -0.349 e. The summed E-state index contributed by atoms with van der Waals surface area (Å²) < 4.78 is 26.2. The first-order chi connectivity index (χ1) is 11.2. The number of hydrogen-bond donors (Lipinski definition) is 2. The summed E-state index contributed by atoms with van der Waals surface area (Å²) in [5, 5.41) is 2.13. The molecule has 132 valence electrons. The molecule has 1 atom stereocenters. The van der Waals surface area contributed by atoms with Gasteiger partial charge < -0.3 is 16.0 Å². The largest absolute Gasteiger partial charge is 0.349 e. The second-order valence-corrected chi connectivity index (χ2v) is 6.36. The van der Waals surface area contributed by atoms with Gasteiger partial charge in [0, 0.05) is 12.2 Å². The molecule has 1 aromatic carbocycles. The van der Waals surface area contributed by atoms with E-state index in [1.807, 2.05) is 24.3 Å². The van der Waals surface area contributed by atoms with E-state index >= 15 is 0 Å². The molecule has 1 saturated heterocycles. The molecule has 2 rings (SSSR count). The van der Waals surface area contributed by atoms with Gasteiger partial charge in [0.1, 0.15) is 5.92 Å². The van der Waals surface area contributed by atoms with Crippen LogP contribution in [0.3, 0.4) is 0 Å². The van der Waals surface area contributed by atoms with Crippen molar-refractivity contribution in [3.63, 3.8) is 0 Å². The first kappa shape index (κ1) is 18.3. The predicted octanol–water partition coefficient (Wildman–Crippen LogP) is 1.87. The number of hydrogen-bond acceptors (Lipinski definition) is 3. The Balaban J connectivity index is 2.00. The highest BCUT2D eigenvalue weighted by atomic mass is 19.3. The number of carbonyl (C=O) groups excluding carboxylic acids is 2. The Morgan fingerprint density at radius 3 is 2.54 bits per heavy atom. The average Bonchev–Trinajstić information content (AvgIpc) is 2.94.